The minimum absolute atomic E-state index is 0.707. The predicted octanol–water partition coefficient (Wildman–Crippen LogP) is 3.62. The topological polar surface area (TPSA) is 9.23 Å². The molecule has 1 heteroatoms. The Balaban J connectivity index is 0.000000921. The third-order valence-corrected chi connectivity index (χ3v) is 1.92. The quantitative estimate of drug-likeness (QED) is 0.681. The molecule has 15 heavy (non-hydrogen) atoms. The van der Waals surface area contributed by atoms with Gasteiger partial charge < -0.3 is 4.74 Å². The maximum Gasteiger partial charge on any atom is 0.0646 e. The average molecular weight is 204 g/mol. The van der Waals surface area contributed by atoms with Crippen molar-refractivity contribution in [1.29, 1.82) is 0 Å². The van der Waals surface area contributed by atoms with Crippen LogP contribution in [0.15, 0.2) is 55.1 Å². The van der Waals surface area contributed by atoms with Crippen LogP contribution in [0.5, 0.6) is 0 Å². The minimum Gasteiger partial charge on any atom is -0.381 e. The Kier molecular flexibility index (Phi) is 8.40. The molecule has 0 N–H and O–H groups in total. The third-order valence-electron chi connectivity index (χ3n) is 1.92. The van der Waals surface area contributed by atoms with Crippen LogP contribution in [0.2, 0.25) is 0 Å². The Labute approximate surface area is 93.1 Å². The monoisotopic (exact) mass is 204 g/mol. The van der Waals surface area contributed by atoms with E-state index in [2.05, 4.69) is 50.4 Å². The molecule has 1 aromatic rings. The van der Waals surface area contributed by atoms with Crippen LogP contribution in [-0.2, 0) is 11.2 Å². The lowest BCUT2D eigenvalue weighted by Gasteiger charge is -2.01. The molecule has 0 aliphatic heterocycles. The van der Waals surface area contributed by atoms with Gasteiger partial charge in [-0.25, -0.2) is 0 Å². The highest BCUT2D eigenvalue weighted by Crippen LogP contribution is 2.06. The highest BCUT2D eigenvalue weighted by molar-refractivity contribution is 5.20. The standard InChI is InChI=1S/C12H16O.C2H4/c1-11(8-9-13-2)10-12-6-4-3-5-7-12;1-2/h3-8H,9-10H2,1-2H3;1-2H2/b11-8+;. The first-order valence-electron chi connectivity index (χ1n) is 5.01. The van der Waals surface area contributed by atoms with Crippen LogP contribution in [0.25, 0.3) is 0 Å². The van der Waals surface area contributed by atoms with Gasteiger partial charge in [-0.1, -0.05) is 42.0 Å². The number of hydrogen-bond donors (Lipinski definition) is 0. The fraction of sp³-hybridized carbons (Fsp3) is 0.286. The van der Waals surface area contributed by atoms with Gasteiger partial charge in [0.2, 0.25) is 0 Å². The van der Waals surface area contributed by atoms with Crippen LogP contribution >= 0.6 is 0 Å². The second-order valence-corrected chi connectivity index (χ2v) is 3.17. The van der Waals surface area contributed by atoms with Crippen LogP contribution < -0.4 is 0 Å². The Bertz CT molecular complexity index is 275. The van der Waals surface area contributed by atoms with Gasteiger partial charge in [-0.15, -0.1) is 13.2 Å². The number of allylic oxidation sites excluding steroid dienone is 1. The molecule has 0 heterocycles. The van der Waals surface area contributed by atoms with E-state index >= 15 is 0 Å². The molecule has 0 unspecified atom stereocenters. The van der Waals surface area contributed by atoms with Gasteiger partial charge >= 0.3 is 0 Å². The van der Waals surface area contributed by atoms with E-state index in [0.717, 1.165) is 6.42 Å². The Hall–Kier alpha value is -1.34. The summed E-state index contributed by atoms with van der Waals surface area (Å²) in [6.07, 6.45) is 3.14. The van der Waals surface area contributed by atoms with Gasteiger partial charge in [-0.2, -0.15) is 0 Å². The molecule has 0 radical (unpaired) electrons. The lowest BCUT2D eigenvalue weighted by atomic mass is 10.1. The van der Waals surface area contributed by atoms with Crippen molar-refractivity contribution in [2.24, 2.45) is 0 Å². The first kappa shape index (κ1) is 13.7. The number of hydrogen-bond acceptors (Lipinski definition) is 1. The van der Waals surface area contributed by atoms with E-state index in [9.17, 15) is 0 Å². The molecule has 0 saturated heterocycles. The molecule has 0 aliphatic carbocycles. The zero-order valence-electron chi connectivity index (χ0n) is 9.70. The smallest absolute Gasteiger partial charge is 0.0646 e. The zero-order chi connectivity index (χ0) is 11.5. The molecule has 0 spiro atoms. The van der Waals surface area contributed by atoms with Crippen molar-refractivity contribution in [3.63, 3.8) is 0 Å². The Morgan fingerprint density at radius 1 is 1.27 bits per heavy atom. The average Bonchev–Trinajstić information content (AvgIpc) is 2.30. The summed E-state index contributed by atoms with van der Waals surface area (Å²) in [7, 11) is 1.71. The Morgan fingerprint density at radius 2 is 1.87 bits per heavy atom. The first-order chi connectivity index (χ1) is 7.33. The summed E-state index contributed by atoms with van der Waals surface area (Å²) in [5, 5.41) is 0. The van der Waals surface area contributed by atoms with E-state index in [1.165, 1.54) is 11.1 Å². The minimum atomic E-state index is 0.707. The van der Waals surface area contributed by atoms with Gasteiger partial charge in [0.15, 0.2) is 0 Å². The van der Waals surface area contributed by atoms with E-state index in [1.807, 2.05) is 6.07 Å². The molecule has 1 rings (SSSR count). The zero-order valence-corrected chi connectivity index (χ0v) is 9.70. The normalized spacial score (nSPS) is 10.4. The maximum absolute atomic E-state index is 4.97. The summed E-state index contributed by atoms with van der Waals surface area (Å²) in [5.41, 5.74) is 2.71. The van der Waals surface area contributed by atoms with E-state index in [0.29, 0.717) is 6.61 Å². The second-order valence-electron chi connectivity index (χ2n) is 3.17. The molecule has 0 amide bonds. The lowest BCUT2D eigenvalue weighted by Crippen LogP contribution is -1.89. The summed E-state index contributed by atoms with van der Waals surface area (Å²) in [6, 6.07) is 10.5. The van der Waals surface area contributed by atoms with Gasteiger partial charge in [-0.3, -0.25) is 0 Å². The van der Waals surface area contributed by atoms with Gasteiger partial charge in [0.05, 0.1) is 6.61 Å². The first-order valence-corrected chi connectivity index (χ1v) is 5.01. The van der Waals surface area contributed by atoms with Crippen LogP contribution in [-0.4, -0.2) is 13.7 Å². The van der Waals surface area contributed by atoms with Crippen molar-refractivity contribution in [2.45, 2.75) is 13.3 Å². The molecule has 0 fully saturated rings. The van der Waals surface area contributed by atoms with Crippen molar-refractivity contribution in [3.05, 3.63) is 60.7 Å². The van der Waals surface area contributed by atoms with Gasteiger partial charge in [0.25, 0.3) is 0 Å². The van der Waals surface area contributed by atoms with Gasteiger partial charge in [-0.05, 0) is 18.9 Å². The van der Waals surface area contributed by atoms with Crippen LogP contribution in [0, 0.1) is 0 Å². The van der Waals surface area contributed by atoms with Gasteiger partial charge in [0, 0.05) is 7.11 Å². The molecular weight excluding hydrogens is 184 g/mol. The molecular formula is C14H20O. The van der Waals surface area contributed by atoms with Crippen molar-refractivity contribution in [1.82, 2.24) is 0 Å². The van der Waals surface area contributed by atoms with Crippen molar-refractivity contribution < 1.29 is 4.74 Å². The largest absolute Gasteiger partial charge is 0.381 e. The fourth-order valence-electron chi connectivity index (χ4n) is 1.22. The molecule has 1 nitrogen and oxygen atoms in total. The summed E-state index contributed by atoms with van der Waals surface area (Å²) in [4.78, 5) is 0. The summed E-state index contributed by atoms with van der Waals surface area (Å²) in [6.45, 7) is 8.84. The molecule has 0 atom stereocenters. The fourth-order valence-corrected chi connectivity index (χ4v) is 1.22. The molecule has 1 aromatic carbocycles. The van der Waals surface area contributed by atoms with Crippen molar-refractivity contribution in [3.8, 4) is 0 Å². The summed E-state index contributed by atoms with van der Waals surface area (Å²) >= 11 is 0. The van der Waals surface area contributed by atoms with E-state index < -0.39 is 0 Å². The SMILES string of the molecule is C=C.COC/C=C(\C)Cc1ccccc1. The third kappa shape index (κ3) is 6.69. The summed E-state index contributed by atoms with van der Waals surface area (Å²) in [5.74, 6) is 0. The molecule has 0 bridgehead atoms. The molecule has 0 aromatic heterocycles. The predicted molar refractivity (Wildman–Crippen MR) is 67.0 cm³/mol. The van der Waals surface area contributed by atoms with Gasteiger partial charge in [0.1, 0.15) is 0 Å². The van der Waals surface area contributed by atoms with Crippen LogP contribution in [0.4, 0.5) is 0 Å². The van der Waals surface area contributed by atoms with Crippen LogP contribution in [0.1, 0.15) is 12.5 Å². The van der Waals surface area contributed by atoms with E-state index in [-0.39, 0.29) is 0 Å². The van der Waals surface area contributed by atoms with Crippen molar-refractivity contribution >= 4 is 0 Å². The van der Waals surface area contributed by atoms with E-state index in [4.69, 9.17) is 4.74 Å². The van der Waals surface area contributed by atoms with Crippen molar-refractivity contribution in [2.75, 3.05) is 13.7 Å². The highest BCUT2D eigenvalue weighted by atomic mass is 16.5. The Morgan fingerprint density at radius 3 is 2.40 bits per heavy atom. The highest BCUT2D eigenvalue weighted by Gasteiger charge is 1.92. The number of ether oxygens (including phenoxy) is 1. The molecule has 82 valence electrons. The number of rotatable bonds is 4. The second kappa shape index (κ2) is 9.22. The maximum atomic E-state index is 4.97. The summed E-state index contributed by atoms with van der Waals surface area (Å²) < 4.78 is 4.97. The lowest BCUT2D eigenvalue weighted by molar-refractivity contribution is 0.233. The molecule has 0 aliphatic rings. The van der Waals surface area contributed by atoms with E-state index in [1.54, 1.807) is 7.11 Å². The number of benzene rings is 1. The van der Waals surface area contributed by atoms with Crippen LogP contribution in [0.3, 0.4) is 0 Å². The molecule has 0 saturated carbocycles. The number of methoxy groups -OCH3 is 1.